The summed E-state index contributed by atoms with van der Waals surface area (Å²) in [6.45, 7) is 12.2. The van der Waals surface area contributed by atoms with Crippen molar-refractivity contribution in [1.29, 1.82) is 0 Å². The second-order valence-corrected chi connectivity index (χ2v) is 12.1. The van der Waals surface area contributed by atoms with E-state index in [2.05, 4.69) is 26.1 Å². The minimum Gasteiger partial charge on any atom is -0.496 e. The molecular weight excluding hydrogens is 469 g/mol. The van der Waals surface area contributed by atoms with Crippen molar-refractivity contribution in [3.63, 3.8) is 0 Å². The summed E-state index contributed by atoms with van der Waals surface area (Å²) in [7, 11) is 0.884. The number of benzene rings is 1. The van der Waals surface area contributed by atoms with Crippen molar-refractivity contribution in [1.82, 2.24) is 5.32 Å². The van der Waals surface area contributed by atoms with Crippen LogP contribution >= 0.6 is 11.6 Å². The second kappa shape index (κ2) is 9.27. The largest absolute Gasteiger partial charge is 0.496 e. The van der Waals surface area contributed by atoms with E-state index >= 15 is 0 Å². The SMILES string of the molecule is COc1c(C[C@H](NC(=O)CCl)B2O[C@@H]3C[C@@H]4C[C@@H](C4(C)C)[C@]3(C)O2)cccc1C(=O)OC(C)(C)C. The van der Waals surface area contributed by atoms with Gasteiger partial charge in [0.2, 0.25) is 5.91 Å². The Labute approximate surface area is 213 Å². The number of rotatable bonds is 7. The third-order valence-corrected chi connectivity index (χ3v) is 8.37. The molecule has 1 N–H and O–H groups in total. The lowest BCUT2D eigenvalue weighted by Crippen LogP contribution is -2.65. The number of amides is 1. The summed E-state index contributed by atoms with van der Waals surface area (Å²) < 4.78 is 24.3. The molecule has 35 heavy (non-hydrogen) atoms. The van der Waals surface area contributed by atoms with Gasteiger partial charge in [0, 0.05) is 0 Å². The number of methoxy groups -OCH3 is 1. The van der Waals surface area contributed by atoms with Gasteiger partial charge in [0.25, 0.3) is 0 Å². The molecule has 1 aliphatic heterocycles. The Kier molecular flexibility index (Phi) is 6.97. The molecule has 0 radical (unpaired) electrons. The average molecular weight is 506 g/mol. The lowest BCUT2D eigenvalue weighted by molar-refractivity contribution is -0.199. The van der Waals surface area contributed by atoms with Gasteiger partial charge in [0.05, 0.1) is 24.8 Å². The summed E-state index contributed by atoms with van der Waals surface area (Å²) >= 11 is 5.83. The topological polar surface area (TPSA) is 83.1 Å². The van der Waals surface area contributed by atoms with E-state index in [0.717, 1.165) is 18.4 Å². The Morgan fingerprint density at radius 3 is 2.57 bits per heavy atom. The number of para-hydroxylation sites is 1. The molecule has 0 aromatic heterocycles. The highest BCUT2D eigenvalue weighted by molar-refractivity contribution is 6.48. The molecule has 0 spiro atoms. The Morgan fingerprint density at radius 1 is 1.26 bits per heavy atom. The van der Waals surface area contributed by atoms with Crippen molar-refractivity contribution >= 4 is 30.6 Å². The Balaban J connectivity index is 1.60. The number of ether oxygens (including phenoxy) is 2. The number of esters is 1. The molecule has 3 saturated carbocycles. The smallest absolute Gasteiger partial charge is 0.482 e. The van der Waals surface area contributed by atoms with Crippen LogP contribution in [0.5, 0.6) is 5.75 Å². The van der Waals surface area contributed by atoms with E-state index in [1.54, 1.807) is 12.1 Å². The summed E-state index contributed by atoms with van der Waals surface area (Å²) in [6, 6.07) is 5.33. The maximum Gasteiger partial charge on any atom is 0.482 e. The van der Waals surface area contributed by atoms with E-state index in [-0.39, 0.29) is 23.3 Å². The van der Waals surface area contributed by atoms with Crippen molar-refractivity contribution < 1.29 is 28.4 Å². The number of halogens is 1. The molecule has 4 aliphatic rings. The summed E-state index contributed by atoms with van der Waals surface area (Å²) in [5.41, 5.74) is 0.241. The van der Waals surface area contributed by atoms with Gasteiger partial charge in [-0.3, -0.25) is 4.79 Å². The number of carbonyl (C=O) groups excluding carboxylic acids is 2. The third kappa shape index (κ3) is 4.81. The monoisotopic (exact) mass is 505 g/mol. The molecule has 0 unspecified atom stereocenters. The van der Waals surface area contributed by atoms with Gasteiger partial charge in [-0.15, -0.1) is 11.6 Å². The van der Waals surface area contributed by atoms with Crippen LogP contribution in [0.15, 0.2) is 18.2 Å². The highest BCUT2D eigenvalue weighted by Crippen LogP contribution is 2.65. The molecule has 7 nitrogen and oxygen atoms in total. The molecule has 1 amide bonds. The van der Waals surface area contributed by atoms with Crippen LogP contribution in [0.4, 0.5) is 0 Å². The summed E-state index contributed by atoms with van der Waals surface area (Å²) in [5, 5.41) is 2.98. The quantitative estimate of drug-likeness (QED) is 0.340. The fraction of sp³-hybridized carbons (Fsp3) is 0.692. The third-order valence-electron chi connectivity index (χ3n) is 8.12. The first kappa shape index (κ1) is 26.3. The maximum atomic E-state index is 12.8. The molecule has 2 bridgehead atoms. The van der Waals surface area contributed by atoms with Crippen LogP contribution in [0.25, 0.3) is 0 Å². The Hall–Kier alpha value is -1.77. The molecule has 1 aromatic carbocycles. The standard InChI is InChI=1S/C26H37BClNO6/c1-24(2,3)33-23(31)17-10-8-9-15(22(17)32-7)11-20(29-21(30)14-28)27-34-19-13-16-12-18(25(16,4)5)26(19,6)35-27/h8-10,16,18-20H,11-14H2,1-7H3,(H,29,30)/t16-,18-,19+,20-,26-/m0/s1. The molecule has 1 aromatic rings. The lowest BCUT2D eigenvalue weighted by atomic mass is 9.43. The van der Waals surface area contributed by atoms with Crippen LogP contribution in [-0.4, -0.2) is 55.2 Å². The molecule has 4 fully saturated rings. The molecule has 1 saturated heterocycles. The van der Waals surface area contributed by atoms with Gasteiger partial charge >= 0.3 is 13.1 Å². The molecule has 192 valence electrons. The zero-order chi connectivity index (χ0) is 25.8. The first-order valence-corrected chi connectivity index (χ1v) is 12.9. The van der Waals surface area contributed by atoms with E-state index in [9.17, 15) is 9.59 Å². The molecule has 5 rings (SSSR count). The van der Waals surface area contributed by atoms with Gasteiger partial charge in [-0.1, -0.05) is 26.0 Å². The highest BCUT2D eigenvalue weighted by atomic mass is 35.5. The van der Waals surface area contributed by atoms with Crippen molar-refractivity contribution in [2.75, 3.05) is 13.0 Å². The van der Waals surface area contributed by atoms with E-state index in [4.69, 9.17) is 30.4 Å². The second-order valence-electron chi connectivity index (χ2n) is 11.8. The van der Waals surface area contributed by atoms with Gasteiger partial charge < -0.3 is 24.1 Å². The zero-order valence-electron chi connectivity index (χ0n) is 21.8. The molecular formula is C26H37BClNO6. The highest BCUT2D eigenvalue weighted by Gasteiger charge is 2.68. The lowest BCUT2D eigenvalue weighted by Gasteiger charge is -2.64. The summed E-state index contributed by atoms with van der Waals surface area (Å²) in [4.78, 5) is 25.2. The summed E-state index contributed by atoms with van der Waals surface area (Å²) in [5.74, 6) is -0.0186. The molecule has 1 heterocycles. The van der Waals surface area contributed by atoms with Crippen molar-refractivity contribution in [3.05, 3.63) is 29.3 Å². The van der Waals surface area contributed by atoms with E-state index in [1.165, 1.54) is 7.11 Å². The minimum absolute atomic E-state index is 0.0188. The van der Waals surface area contributed by atoms with Gasteiger partial charge in [-0.05, 0) is 75.8 Å². The fourth-order valence-corrected chi connectivity index (χ4v) is 6.33. The number of carbonyl (C=O) groups is 2. The number of hydrogen-bond donors (Lipinski definition) is 1. The van der Waals surface area contributed by atoms with Crippen LogP contribution in [0.3, 0.4) is 0 Å². The van der Waals surface area contributed by atoms with Crippen molar-refractivity contribution in [2.45, 2.75) is 84.1 Å². The van der Waals surface area contributed by atoms with Gasteiger partial charge in [0.15, 0.2) is 0 Å². The van der Waals surface area contributed by atoms with Crippen molar-refractivity contribution in [3.8, 4) is 5.75 Å². The van der Waals surface area contributed by atoms with Crippen molar-refractivity contribution in [2.24, 2.45) is 17.3 Å². The van der Waals surface area contributed by atoms with Crippen LogP contribution in [0, 0.1) is 17.3 Å². The first-order valence-electron chi connectivity index (χ1n) is 12.4. The van der Waals surface area contributed by atoms with Gasteiger partial charge in [-0.25, -0.2) is 4.79 Å². The van der Waals surface area contributed by atoms with E-state index in [1.807, 2.05) is 26.8 Å². The molecule has 3 aliphatic carbocycles. The van der Waals surface area contributed by atoms with Crippen LogP contribution < -0.4 is 10.1 Å². The number of hydrogen-bond acceptors (Lipinski definition) is 6. The van der Waals surface area contributed by atoms with E-state index in [0.29, 0.717) is 29.6 Å². The van der Waals surface area contributed by atoms with Crippen LogP contribution in [-0.2, 0) is 25.3 Å². The van der Waals surface area contributed by atoms with Crippen LogP contribution in [0.2, 0.25) is 0 Å². The average Bonchev–Trinajstić information content (AvgIpc) is 3.14. The van der Waals surface area contributed by atoms with Gasteiger partial charge in [0.1, 0.15) is 22.8 Å². The molecule has 5 atom stereocenters. The molecule has 9 heteroatoms. The Morgan fingerprint density at radius 2 is 1.97 bits per heavy atom. The zero-order valence-corrected chi connectivity index (χ0v) is 22.5. The first-order chi connectivity index (χ1) is 16.3. The Bertz CT molecular complexity index is 995. The van der Waals surface area contributed by atoms with E-state index < -0.39 is 30.2 Å². The number of alkyl halides is 1. The summed E-state index contributed by atoms with van der Waals surface area (Å²) in [6.07, 6.45) is 2.41. The normalized spacial score (nSPS) is 29.6. The predicted molar refractivity (Wildman–Crippen MR) is 135 cm³/mol. The fourth-order valence-electron chi connectivity index (χ4n) is 6.25. The predicted octanol–water partition coefficient (Wildman–Crippen LogP) is 4.18. The maximum absolute atomic E-state index is 12.8. The minimum atomic E-state index is -0.638. The number of nitrogens with one attached hydrogen (secondary N) is 1. The van der Waals surface area contributed by atoms with Crippen LogP contribution in [0.1, 0.15) is 70.3 Å². The van der Waals surface area contributed by atoms with Gasteiger partial charge in [-0.2, -0.15) is 0 Å².